The van der Waals surface area contributed by atoms with Gasteiger partial charge in [-0.2, -0.15) is 0 Å². The van der Waals surface area contributed by atoms with E-state index in [2.05, 4.69) is 59.7 Å². The summed E-state index contributed by atoms with van der Waals surface area (Å²) in [4.78, 5) is 0. The molecule has 5 aromatic carbocycles. The number of halogens is 1. The second-order valence-electron chi connectivity index (χ2n) is 7.86. The molecule has 0 saturated carbocycles. The van der Waals surface area contributed by atoms with Crippen LogP contribution in [0, 0.1) is 6.85 Å². The Morgan fingerprint density at radius 1 is 0.839 bits per heavy atom. The van der Waals surface area contributed by atoms with Crippen molar-refractivity contribution in [2.24, 2.45) is 0 Å². The quantitative estimate of drug-likeness (QED) is 0.225. The molecule has 0 spiro atoms. The van der Waals surface area contributed by atoms with Gasteiger partial charge in [-0.3, -0.25) is 0 Å². The molecule has 0 bridgehead atoms. The third-order valence-electron chi connectivity index (χ3n) is 6.22. The summed E-state index contributed by atoms with van der Waals surface area (Å²) in [5.41, 5.74) is 3.35. The molecule has 1 aliphatic heterocycles. The Morgan fingerprint density at radius 3 is 2.39 bits per heavy atom. The number of aryl methyl sites for hydroxylation is 1. The highest BCUT2D eigenvalue weighted by molar-refractivity contribution is 7.91. The minimum Gasteiger partial charge on any atom is -0.347 e. The fourth-order valence-corrected chi connectivity index (χ4v) is 8.29. The lowest BCUT2D eigenvalue weighted by atomic mass is 9.89. The van der Waals surface area contributed by atoms with Crippen LogP contribution in [0.15, 0.2) is 78.9 Å². The predicted octanol–water partition coefficient (Wildman–Crippen LogP) is 8.94. The van der Waals surface area contributed by atoms with Gasteiger partial charge in [-0.1, -0.05) is 84.0 Å². The molecule has 1 aromatic heterocycles. The first-order valence-corrected chi connectivity index (χ1v) is 13.1. The Bertz CT molecular complexity index is 1810. The molecule has 2 heterocycles. The number of nitrogens with one attached hydrogen (secondary N) is 1. The van der Waals surface area contributed by atoms with Gasteiger partial charge in [0.1, 0.15) is 7.43 Å². The summed E-state index contributed by atoms with van der Waals surface area (Å²) < 4.78 is 27.3. The molecule has 4 heteroatoms. The maximum absolute atomic E-state index is 8.29. The maximum Gasteiger partial charge on any atom is 0.120 e. The van der Waals surface area contributed by atoms with Gasteiger partial charge in [0.15, 0.2) is 0 Å². The fraction of sp³-hybridized carbons (Fsp3) is 0.0370. The minimum absolute atomic E-state index is 0.334. The van der Waals surface area contributed by atoms with Crippen LogP contribution in [0.2, 0.25) is 0 Å². The van der Waals surface area contributed by atoms with Crippen molar-refractivity contribution in [3.63, 3.8) is 0 Å². The summed E-state index contributed by atoms with van der Waals surface area (Å²) in [6.07, 6.45) is 0. The van der Waals surface area contributed by atoms with Gasteiger partial charge < -0.3 is 5.09 Å². The topological polar surface area (TPSA) is 12.0 Å². The second-order valence-corrected chi connectivity index (χ2v) is 11.2. The van der Waals surface area contributed by atoms with E-state index < -0.39 is 14.3 Å². The van der Waals surface area contributed by atoms with E-state index in [4.69, 9.17) is 15.4 Å². The Morgan fingerprint density at radius 2 is 1.55 bits per heavy atom. The summed E-state index contributed by atoms with van der Waals surface area (Å²) in [6.45, 7) is -2.26. The van der Waals surface area contributed by atoms with E-state index in [1.54, 1.807) is 17.4 Å². The highest BCUT2D eigenvalue weighted by Crippen LogP contribution is 2.58. The van der Waals surface area contributed by atoms with Crippen molar-refractivity contribution in [2.75, 3.05) is 5.09 Å². The fourth-order valence-electron chi connectivity index (χ4n) is 4.97. The minimum atomic E-state index is -2.26. The summed E-state index contributed by atoms with van der Waals surface area (Å²) in [5.74, 6) is 0. The SMILES string of the molecule is [2H]C([2H])([2H])c1cc2ccccc2c2c1P(Cl)Nc1c-2c2ccccc2c2c1sc1ccccc12. The number of hydrogen-bond donors (Lipinski definition) is 1. The largest absolute Gasteiger partial charge is 0.347 e. The van der Waals surface area contributed by atoms with Gasteiger partial charge in [0, 0.05) is 36.0 Å². The standard InChI is InChI=1S/C27H17ClNPS/c1-15-14-16-8-2-3-9-17(16)24-23-19-11-5-4-10-18(19)22-20-12-6-7-13-21(20)31-27(22)25(23)29-30(28)26(15)24/h2-14,29H,1H3/i1D3. The number of hydrogen-bond acceptors (Lipinski definition) is 2. The second kappa shape index (κ2) is 6.43. The number of fused-ring (bicyclic) bond motifs is 12. The highest BCUT2D eigenvalue weighted by atomic mass is 35.7. The lowest BCUT2D eigenvalue weighted by Crippen LogP contribution is -2.17. The first-order chi connectivity index (χ1) is 16.4. The van der Waals surface area contributed by atoms with Crippen molar-refractivity contribution in [2.45, 2.75) is 6.85 Å². The zero-order valence-corrected chi connectivity index (χ0v) is 18.7. The third kappa shape index (κ3) is 2.36. The molecule has 1 atom stereocenters. The van der Waals surface area contributed by atoms with Gasteiger partial charge in [0.25, 0.3) is 0 Å². The van der Waals surface area contributed by atoms with Gasteiger partial charge >= 0.3 is 0 Å². The van der Waals surface area contributed by atoms with Gasteiger partial charge in [-0.05, 0) is 40.0 Å². The van der Waals surface area contributed by atoms with Crippen LogP contribution in [0.4, 0.5) is 5.69 Å². The number of benzene rings is 5. The molecule has 0 radical (unpaired) electrons. The van der Waals surface area contributed by atoms with E-state index in [0.29, 0.717) is 10.9 Å². The van der Waals surface area contributed by atoms with Crippen molar-refractivity contribution in [3.05, 3.63) is 84.4 Å². The molecule has 0 aliphatic carbocycles. The summed E-state index contributed by atoms with van der Waals surface area (Å²) in [6, 6.07) is 26.8. The molecular formula is C27H17ClNPS. The Balaban J connectivity index is 1.77. The molecule has 7 rings (SSSR count). The molecule has 1 N–H and O–H groups in total. The van der Waals surface area contributed by atoms with Crippen LogP contribution in [0.3, 0.4) is 0 Å². The summed E-state index contributed by atoms with van der Waals surface area (Å²) in [5, 5.41) is 11.0. The van der Waals surface area contributed by atoms with Crippen molar-refractivity contribution < 1.29 is 4.11 Å². The number of anilines is 1. The highest BCUT2D eigenvalue weighted by Gasteiger charge is 2.31. The molecule has 31 heavy (non-hydrogen) atoms. The van der Waals surface area contributed by atoms with Crippen LogP contribution in [0.1, 0.15) is 9.68 Å². The Labute approximate surface area is 194 Å². The van der Waals surface area contributed by atoms with E-state index in [1.165, 1.54) is 20.9 Å². The first kappa shape index (κ1) is 15.2. The van der Waals surface area contributed by atoms with Gasteiger partial charge in [0.2, 0.25) is 0 Å². The molecule has 0 saturated heterocycles. The number of rotatable bonds is 0. The van der Waals surface area contributed by atoms with E-state index in [0.717, 1.165) is 37.7 Å². The lowest BCUT2D eigenvalue weighted by Gasteiger charge is -2.30. The van der Waals surface area contributed by atoms with Crippen LogP contribution in [0.5, 0.6) is 0 Å². The zero-order valence-electron chi connectivity index (χ0n) is 19.2. The Kier molecular flexibility index (Phi) is 3.16. The van der Waals surface area contributed by atoms with E-state index in [-0.39, 0.29) is 0 Å². The van der Waals surface area contributed by atoms with Gasteiger partial charge in [-0.15, -0.1) is 11.3 Å². The van der Waals surface area contributed by atoms with Crippen molar-refractivity contribution in [1.29, 1.82) is 0 Å². The predicted molar refractivity (Wildman–Crippen MR) is 141 cm³/mol. The molecule has 148 valence electrons. The summed E-state index contributed by atoms with van der Waals surface area (Å²) in [7, 11) is -1.44. The number of thiophene rings is 1. The van der Waals surface area contributed by atoms with Crippen LogP contribution in [-0.2, 0) is 0 Å². The van der Waals surface area contributed by atoms with Crippen molar-refractivity contribution >= 4 is 82.7 Å². The molecule has 0 fully saturated rings. The zero-order chi connectivity index (χ0) is 23.2. The van der Waals surface area contributed by atoms with Crippen molar-refractivity contribution in [3.8, 4) is 11.1 Å². The molecule has 6 aromatic rings. The average Bonchev–Trinajstić information content (AvgIpc) is 3.23. The molecule has 0 amide bonds. The Hall–Kier alpha value is -2.64. The van der Waals surface area contributed by atoms with Crippen LogP contribution < -0.4 is 10.4 Å². The van der Waals surface area contributed by atoms with Crippen LogP contribution in [-0.4, -0.2) is 0 Å². The van der Waals surface area contributed by atoms with Crippen molar-refractivity contribution in [1.82, 2.24) is 0 Å². The lowest BCUT2D eigenvalue weighted by molar-refractivity contribution is 1.54. The summed E-state index contributed by atoms with van der Waals surface area (Å²) >= 11 is 8.81. The average molecular weight is 457 g/mol. The van der Waals surface area contributed by atoms with E-state index in [1.807, 2.05) is 18.2 Å². The molecule has 1 aliphatic rings. The molecular weight excluding hydrogens is 437 g/mol. The molecule has 1 unspecified atom stereocenters. The van der Waals surface area contributed by atoms with Crippen LogP contribution in [0.25, 0.3) is 52.8 Å². The van der Waals surface area contributed by atoms with Gasteiger partial charge in [0.05, 0.1) is 10.4 Å². The van der Waals surface area contributed by atoms with Crippen LogP contribution >= 0.6 is 30.0 Å². The smallest absolute Gasteiger partial charge is 0.120 e. The monoisotopic (exact) mass is 456 g/mol. The van der Waals surface area contributed by atoms with E-state index >= 15 is 0 Å². The third-order valence-corrected chi connectivity index (χ3v) is 9.44. The van der Waals surface area contributed by atoms with Gasteiger partial charge in [-0.25, -0.2) is 0 Å². The maximum atomic E-state index is 8.29. The van der Waals surface area contributed by atoms with E-state index in [9.17, 15) is 0 Å². The molecule has 1 nitrogen and oxygen atoms in total. The first-order valence-electron chi connectivity index (χ1n) is 11.6. The normalized spacial score (nSPS) is 17.2.